The molecule has 0 amide bonds. The van der Waals surface area contributed by atoms with Crippen LogP contribution >= 0.6 is 0 Å². The summed E-state index contributed by atoms with van der Waals surface area (Å²) in [6, 6.07) is 15.5. The standard InChI is InChI=1S/C24H24N2O12S4.4Na/c27-39(28,29)21-12-6-4-10-19(21)25-23(26-20-11-5-7-13-22(20)40(30,31)32)15-14-18(17-8-2-1-3-9-17)24(16-23,41(33,34)35)42(36,37)38;;;;/h1-14,25-26H,15-16H2,(H,27,28,29)(H,30,31,32)(H,33,34,35)(H,36,37,38);;;;/q;4*+1/p-4. The Labute approximate surface area is 355 Å². The van der Waals surface area contributed by atoms with E-state index < -0.39 is 89.8 Å². The van der Waals surface area contributed by atoms with Crippen LogP contribution < -0.4 is 129 Å². The zero-order chi connectivity index (χ0) is 31.2. The largest absolute Gasteiger partial charge is 1.00 e. The van der Waals surface area contributed by atoms with E-state index in [-0.39, 0.29) is 124 Å². The molecular weight excluding hydrogens is 728 g/mol. The molecule has 0 saturated heterocycles. The van der Waals surface area contributed by atoms with Crippen molar-refractivity contribution in [2.24, 2.45) is 0 Å². The Kier molecular flexibility index (Phi) is 17.5. The fraction of sp³-hybridized carbons (Fsp3) is 0.167. The van der Waals surface area contributed by atoms with E-state index in [0.29, 0.717) is 0 Å². The van der Waals surface area contributed by atoms with Gasteiger partial charge in [-0.1, -0.05) is 60.7 Å². The number of nitrogens with one attached hydrogen (secondary N) is 2. The maximum Gasteiger partial charge on any atom is 1.00 e. The SMILES string of the molecule is O=S(=O)([O-])c1ccccc1NC1(Nc2ccccc2S(=O)(=O)[O-])CC=C(c2ccccc2)C(S(=O)(=O)[O-])(S(=O)(=O)[O-])C1.[Na+].[Na+].[Na+].[Na+]. The zero-order valence-electron chi connectivity index (χ0n) is 25.0. The van der Waals surface area contributed by atoms with Gasteiger partial charge in [0, 0.05) is 12.8 Å². The topological polar surface area (TPSA) is 253 Å². The zero-order valence-corrected chi connectivity index (χ0v) is 36.3. The molecule has 1 aliphatic rings. The monoisotopic (exact) mass is 748 g/mol. The van der Waals surface area contributed by atoms with Crippen LogP contribution in [0.1, 0.15) is 18.4 Å². The number of para-hydroxylation sites is 2. The van der Waals surface area contributed by atoms with Gasteiger partial charge in [0.2, 0.25) is 0 Å². The molecule has 0 atom stereocenters. The summed E-state index contributed by atoms with van der Waals surface area (Å²) in [5.41, 5.74) is -4.22. The molecule has 226 valence electrons. The Morgan fingerprint density at radius 2 is 0.913 bits per heavy atom. The maximum absolute atomic E-state index is 12.9. The molecule has 0 unspecified atom stereocenters. The van der Waals surface area contributed by atoms with Gasteiger partial charge in [0.25, 0.3) is 0 Å². The third kappa shape index (κ3) is 9.91. The van der Waals surface area contributed by atoms with E-state index in [1.165, 1.54) is 54.6 Å². The van der Waals surface area contributed by atoms with Gasteiger partial charge in [-0.05, 0) is 35.4 Å². The second-order valence-electron chi connectivity index (χ2n) is 9.26. The summed E-state index contributed by atoms with van der Waals surface area (Å²) in [6.45, 7) is 0. The van der Waals surface area contributed by atoms with E-state index in [1.807, 2.05) is 0 Å². The molecule has 14 nitrogen and oxygen atoms in total. The van der Waals surface area contributed by atoms with Crippen LogP contribution in [0.3, 0.4) is 0 Å². The minimum absolute atomic E-state index is 0. The minimum atomic E-state index is -6.13. The van der Waals surface area contributed by atoms with E-state index >= 15 is 0 Å². The van der Waals surface area contributed by atoms with Gasteiger partial charge in [0.05, 0.1) is 21.2 Å². The molecule has 3 aromatic carbocycles. The summed E-state index contributed by atoms with van der Waals surface area (Å²) < 4.78 is 145. The Hall–Kier alpha value is 0.640. The number of benzene rings is 3. The van der Waals surface area contributed by atoms with Crippen molar-refractivity contribution < 1.29 is 170 Å². The Morgan fingerprint density at radius 3 is 1.28 bits per heavy atom. The molecule has 46 heavy (non-hydrogen) atoms. The first-order chi connectivity index (χ1) is 19.3. The molecular formula is C24H20N2Na4O12S4. The third-order valence-corrected chi connectivity index (χ3v) is 11.9. The van der Waals surface area contributed by atoms with Crippen molar-refractivity contribution in [2.45, 2.75) is 32.4 Å². The molecule has 0 spiro atoms. The molecule has 0 fully saturated rings. The number of hydrogen-bond acceptors (Lipinski definition) is 14. The minimum Gasteiger partial charge on any atom is -0.746 e. The second kappa shape index (κ2) is 17.2. The number of rotatable bonds is 9. The van der Waals surface area contributed by atoms with Crippen molar-refractivity contribution in [2.75, 3.05) is 10.6 Å². The third-order valence-electron chi connectivity index (χ3n) is 6.55. The summed E-state index contributed by atoms with van der Waals surface area (Å²) >= 11 is 0. The van der Waals surface area contributed by atoms with E-state index in [2.05, 4.69) is 10.6 Å². The van der Waals surface area contributed by atoms with Gasteiger partial charge in [-0.15, -0.1) is 0 Å². The predicted octanol–water partition coefficient (Wildman–Crippen LogP) is -10.6. The van der Waals surface area contributed by atoms with Crippen LogP contribution in [0.2, 0.25) is 0 Å². The summed E-state index contributed by atoms with van der Waals surface area (Å²) in [5.74, 6) is 0. The average Bonchev–Trinajstić information content (AvgIpc) is 2.87. The first kappa shape index (κ1) is 46.6. The van der Waals surface area contributed by atoms with Gasteiger partial charge in [-0.2, -0.15) is 0 Å². The molecule has 4 rings (SSSR count). The van der Waals surface area contributed by atoms with Crippen LogP contribution in [0.15, 0.2) is 94.7 Å². The van der Waals surface area contributed by atoms with Gasteiger partial charge in [0.15, 0.2) is 4.08 Å². The molecule has 0 aliphatic heterocycles. The maximum atomic E-state index is 12.9. The van der Waals surface area contributed by atoms with Crippen molar-refractivity contribution in [1.29, 1.82) is 0 Å². The number of anilines is 2. The van der Waals surface area contributed by atoms with Crippen LogP contribution in [0.5, 0.6) is 0 Å². The van der Waals surface area contributed by atoms with Crippen molar-refractivity contribution in [1.82, 2.24) is 0 Å². The molecule has 3 aromatic rings. The first-order valence-corrected chi connectivity index (χ1v) is 17.3. The van der Waals surface area contributed by atoms with Crippen molar-refractivity contribution in [3.63, 3.8) is 0 Å². The Balaban J connectivity index is 0.00000506. The van der Waals surface area contributed by atoms with Gasteiger partial charge >= 0.3 is 118 Å². The molecule has 2 N–H and O–H groups in total. The van der Waals surface area contributed by atoms with Crippen molar-refractivity contribution in [3.05, 3.63) is 90.5 Å². The molecule has 0 radical (unpaired) electrons. The van der Waals surface area contributed by atoms with Crippen LogP contribution in [0.25, 0.3) is 5.57 Å². The van der Waals surface area contributed by atoms with Gasteiger partial charge in [-0.3, -0.25) is 0 Å². The van der Waals surface area contributed by atoms with E-state index in [1.54, 1.807) is 0 Å². The summed E-state index contributed by atoms with van der Waals surface area (Å²) in [6.07, 6.45) is -1.06. The Morgan fingerprint density at radius 1 is 0.543 bits per heavy atom. The second-order valence-corrected chi connectivity index (χ2v) is 15.4. The molecule has 1 aliphatic carbocycles. The van der Waals surface area contributed by atoms with Gasteiger partial charge in [-0.25, -0.2) is 33.7 Å². The fourth-order valence-electron chi connectivity index (χ4n) is 4.84. The molecule has 22 heteroatoms. The molecule has 0 saturated carbocycles. The summed E-state index contributed by atoms with van der Waals surface area (Å²) in [5, 5.41) is 5.06. The molecule has 0 bridgehead atoms. The van der Waals surface area contributed by atoms with Crippen LogP contribution in [-0.2, 0) is 40.5 Å². The van der Waals surface area contributed by atoms with Crippen LogP contribution in [0, 0.1) is 0 Å². The van der Waals surface area contributed by atoms with E-state index in [0.717, 1.165) is 30.3 Å². The van der Waals surface area contributed by atoms with Gasteiger partial charge in [0.1, 0.15) is 46.1 Å². The predicted molar refractivity (Wildman–Crippen MR) is 145 cm³/mol. The van der Waals surface area contributed by atoms with E-state index in [9.17, 15) is 51.9 Å². The normalized spacial score (nSPS) is 15.7. The Bertz CT molecular complexity index is 1900. The van der Waals surface area contributed by atoms with E-state index in [4.69, 9.17) is 0 Å². The smallest absolute Gasteiger partial charge is 0.746 e. The quantitative estimate of drug-likeness (QED) is 0.117. The fourth-order valence-corrected chi connectivity index (χ4v) is 8.89. The van der Waals surface area contributed by atoms with Crippen LogP contribution in [0.4, 0.5) is 11.4 Å². The van der Waals surface area contributed by atoms with Crippen molar-refractivity contribution >= 4 is 57.4 Å². The average molecular weight is 749 g/mol. The first-order valence-electron chi connectivity index (χ1n) is 11.6. The molecule has 0 heterocycles. The summed E-state index contributed by atoms with van der Waals surface area (Å²) in [4.78, 5) is -1.76. The summed E-state index contributed by atoms with van der Waals surface area (Å²) in [7, 11) is -22.7. The van der Waals surface area contributed by atoms with Gasteiger partial charge < -0.3 is 28.8 Å². The number of hydrogen-bond donors (Lipinski definition) is 2. The van der Waals surface area contributed by atoms with Crippen LogP contribution in [-0.4, -0.2) is 61.6 Å². The van der Waals surface area contributed by atoms with Crippen molar-refractivity contribution in [3.8, 4) is 0 Å². The molecule has 0 aromatic heterocycles.